The maximum atomic E-state index is 12.4. The Morgan fingerprint density at radius 1 is 0.941 bits per heavy atom. The summed E-state index contributed by atoms with van der Waals surface area (Å²) in [6.07, 6.45) is 0.204. The van der Waals surface area contributed by atoms with Gasteiger partial charge >= 0.3 is 11.9 Å². The zero-order valence-electron chi connectivity index (χ0n) is 20.7. The van der Waals surface area contributed by atoms with Crippen molar-refractivity contribution >= 4 is 29.7 Å². The van der Waals surface area contributed by atoms with Crippen molar-refractivity contribution in [2.45, 2.75) is 27.2 Å². The van der Waals surface area contributed by atoms with E-state index >= 15 is 0 Å². The van der Waals surface area contributed by atoms with Crippen molar-refractivity contribution in [3.63, 3.8) is 0 Å². The number of hydrogen-bond acceptors (Lipinski definition) is 9. The molecule has 2 fully saturated rings. The molecule has 12 heteroatoms. The number of nitrogens with zero attached hydrogens (tertiary/aromatic N) is 4. The van der Waals surface area contributed by atoms with Gasteiger partial charge < -0.3 is 15.2 Å². The Morgan fingerprint density at radius 2 is 1.44 bits per heavy atom. The molecule has 0 saturated carbocycles. The second kappa shape index (κ2) is 15.4. The number of esters is 1. The minimum Gasteiger partial charge on any atom is -0.480 e. The highest BCUT2D eigenvalue weighted by Gasteiger charge is 2.35. The van der Waals surface area contributed by atoms with E-state index in [-0.39, 0.29) is 68.8 Å². The molecule has 0 radical (unpaired) electrons. The summed E-state index contributed by atoms with van der Waals surface area (Å²) in [7, 11) is 1.32. The van der Waals surface area contributed by atoms with Crippen LogP contribution in [-0.4, -0.2) is 133 Å². The lowest BCUT2D eigenvalue weighted by atomic mass is 10.1. The van der Waals surface area contributed by atoms with Gasteiger partial charge in [0, 0.05) is 64.7 Å². The number of imide groups is 1. The van der Waals surface area contributed by atoms with E-state index in [0.717, 1.165) is 0 Å². The lowest BCUT2D eigenvalue weighted by Crippen LogP contribution is -2.45. The average molecular weight is 486 g/mol. The molecule has 1 unspecified atom stereocenters. The van der Waals surface area contributed by atoms with Crippen LogP contribution in [0.25, 0.3) is 0 Å². The fourth-order valence-electron chi connectivity index (χ4n) is 3.75. The van der Waals surface area contributed by atoms with Gasteiger partial charge in [-0.1, -0.05) is 20.8 Å². The minimum atomic E-state index is -0.937. The molecule has 2 N–H and O–H groups in total. The van der Waals surface area contributed by atoms with Crippen LogP contribution < -0.4 is 5.32 Å². The highest BCUT2D eigenvalue weighted by Crippen LogP contribution is 2.17. The van der Waals surface area contributed by atoms with Gasteiger partial charge in [-0.15, -0.1) is 0 Å². The smallest absolute Gasteiger partial charge is 0.319 e. The number of ether oxygens (including phenoxy) is 1. The zero-order valence-corrected chi connectivity index (χ0v) is 20.7. The number of carbonyl (C=O) groups is 5. The van der Waals surface area contributed by atoms with Crippen LogP contribution in [0.2, 0.25) is 0 Å². The van der Waals surface area contributed by atoms with Gasteiger partial charge in [-0.05, 0) is 0 Å². The predicted octanol–water partition coefficient (Wildman–Crippen LogP) is -1.30. The first-order chi connectivity index (χ1) is 16.2. The van der Waals surface area contributed by atoms with Crippen molar-refractivity contribution in [3.8, 4) is 0 Å². The largest absolute Gasteiger partial charge is 0.480 e. The Hall–Kier alpha value is -2.57. The predicted molar refractivity (Wildman–Crippen MR) is 124 cm³/mol. The number of aliphatic carboxylic acids is 1. The average Bonchev–Trinajstić information content (AvgIpc) is 3.08. The summed E-state index contributed by atoms with van der Waals surface area (Å²) >= 11 is 0. The van der Waals surface area contributed by atoms with Gasteiger partial charge in [0.15, 0.2) is 0 Å². The lowest BCUT2D eigenvalue weighted by molar-refractivity contribution is -0.142. The maximum Gasteiger partial charge on any atom is 0.319 e. The van der Waals surface area contributed by atoms with E-state index in [0.29, 0.717) is 39.3 Å². The molecular weight excluding hydrogens is 446 g/mol. The SMILES string of the molecule is CC.COC(=O)CN1CCN(CC(=O)O)CCN(CC(=O)NCCN2C(=O)CC(C)C2=O)CC1. The third kappa shape index (κ3) is 10.1. The number of rotatable bonds is 9. The number of carboxylic acid groups (broad SMARTS) is 1. The number of nitrogens with one attached hydrogen (secondary N) is 1. The van der Waals surface area contributed by atoms with Gasteiger partial charge in [-0.3, -0.25) is 43.6 Å². The number of carbonyl (C=O) groups excluding carboxylic acids is 4. The normalized spacial score (nSPS) is 20.6. The molecule has 2 saturated heterocycles. The van der Waals surface area contributed by atoms with E-state index in [2.05, 4.69) is 5.32 Å². The van der Waals surface area contributed by atoms with Gasteiger partial charge in [-0.25, -0.2) is 0 Å². The number of likely N-dealkylation sites (tertiary alicyclic amines) is 1. The van der Waals surface area contributed by atoms with Gasteiger partial charge in [0.2, 0.25) is 17.7 Å². The van der Waals surface area contributed by atoms with E-state index in [4.69, 9.17) is 9.84 Å². The van der Waals surface area contributed by atoms with Crippen LogP contribution in [0.1, 0.15) is 27.2 Å². The molecule has 1 atom stereocenters. The Morgan fingerprint density at radius 3 is 1.88 bits per heavy atom. The van der Waals surface area contributed by atoms with Crippen LogP contribution in [0.5, 0.6) is 0 Å². The molecule has 0 spiro atoms. The summed E-state index contributed by atoms with van der Waals surface area (Å²) in [6.45, 7) is 9.10. The molecular formula is C22H39N5O7. The first-order valence-corrected chi connectivity index (χ1v) is 11.8. The molecule has 2 aliphatic rings. The molecule has 0 aromatic carbocycles. The van der Waals surface area contributed by atoms with Gasteiger partial charge in [0.25, 0.3) is 0 Å². The van der Waals surface area contributed by atoms with Crippen molar-refractivity contribution in [2.75, 3.05) is 79.1 Å². The molecule has 0 bridgehead atoms. The zero-order chi connectivity index (χ0) is 25.7. The molecule has 0 aliphatic carbocycles. The number of hydrogen-bond donors (Lipinski definition) is 2. The number of carboxylic acids is 1. The topological polar surface area (TPSA) is 140 Å². The van der Waals surface area contributed by atoms with Gasteiger partial charge in [0.05, 0.1) is 26.7 Å². The summed E-state index contributed by atoms with van der Waals surface area (Å²) < 4.78 is 4.73. The standard InChI is InChI=1S/C20H33N5O7.C2H6/c1-15-11-17(27)25(20(15)31)4-3-21-16(26)12-22-5-7-23(13-18(28)29)8-10-24(9-6-22)14-19(30)32-2;1-2/h15H,3-14H2,1-2H3,(H,21,26)(H,28,29);1-2H3. The highest BCUT2D eigenvalue weighted by atomic mass is 16.5. The molecule has 34 heavy (non-hydrogen) atoms. The highest BCUT2D eigenvalue weighted by molar-refractivity contribution is 6.03. The van der Waals surface area contributed by atoms with E-state index in [1.165, 1.54) is 12.0 Å². The summed E-state index contributed by atoms with van der Waals surface area (Å²) in [5, 5.41) is 11.9. The van der Waals surface area contributed by atoms with Crippen LogP contribution in [0, 0.1) is 5.92 Å². The van der Waals surface area contributed by atoms with Crippen molar-refractivity contribution in [1.82, 2.24) is 24.9 Å². The molecule has 12 nitrogen and oxygen atoms in total. The summed E-state index contributed by atoms with van der Waals surface area (Å²) in [4.78, 5) is 65.8. The second-order valence-corrected chi connectivity index (χ2v) is 8.14. The minimum absolute atomic E-state index is 0.0886. The van der Waals surface area contributed by atoms with Crippen LogP contribution in [0.4, 0.5) is 0 Å². The van der Waals surface area contributed by atoms with E-state index < -0.39 is 5.97 Å². The molecule has 2 heterocycles. The van der Waals surface area contributed by atoms with Crippen molar-refractivity contribution in [3.05, 3.63) is 0 Å². The second-order valence-electron chi connectivity index (χ2n) is 8.14. The van der Waals surface area contributed by atoms with Gasteiger partial charge in [0.1, 0.15) is 0 Å². The van der Waals surface area contributed by atoms with E-state index in [9.17, 15) is 24.0 Å². The summed E-state index contributed by atoms with van der Waals surface area (Å²) in [5.74, 6) is -2.31. The van der Waals surface area contributed by atoms with Crippen LogP contribution >= 0.6 is 0 Å². The lowest BCUT2D eigenvalue weighted by Gasteiger charge is -2.24. The summed E-state index contributed by atoms with van der Waals surface area (Å²) in [6, 6.07) is 0. The Labute approximate surface area is 201 Å². The van der Waals surface area contributed by atoms with E-state index in [1.54, 1.807) is 11.8 Å². The third-order valence-corrected chi connectivity index (χ3v) is 5.63. The Balaban J connectivity index is 0.00000281. The first kappa shape index (κ1) is 29.5. The third-order valence-electron chi connectivity index (χ3n) is 5.63. The molecule has 2 aliphatic heterocycles. The fraction of sp³-hybridized carbons (Fsp3) is 0.773. The first-order valence-electron chi connectivity index (χ1n) is 11.8. The number of methoxy groups -OCH3 is 1. The van der Waals surface area contributed by atoms with Crippen molar-refractivity contribution < 1.29 is 33.8 Å². The molecule has 0 aromatic rings. The quantitative estimate of drug-likeness (QED) is 0.299. The summed E-state index contributed by atoms with van der Waals surface area (Å²) in [5.41, 5.74) is 0. The molecule has 194 valence electrons. The monoisotopic (exact) mass is 485 g/mol. The Bertz CT molecular complexity index is 718. The van der Waals surface area contributed by atoms with Gasteiger partial charge in [-0.2, -0.15) is 0 Å². The van der Waals surface area contributed by atoms with Crippen LogP contribution in [0.3, 0.4) is 0 Å². The molecule has 3 amide bonds. The fourth-order valence-corrected chi connectivity index (χ4v) is 3.75. The molecule has 0 aromatic heterocycles. The van der Waals surface area contributed by atoms with E-state index in [1.807, 2.05) is 23.6 Å². The van der Waals surface area contributed by atoms with Crippen molar-refractivity contribution in [2.24, 2.45) is 5.92 Å². The maximum absolute atomic E-state index is 12.4. The Kier molecular flexibility index (Phi) is 13.3. The number of amides is 3. The van der Waals surface area contributed by atoms with Crippen molar-refractivity contribution in [1.29, 1.82) is 0 Å². The van der Waals surface area contributed by atoms with Crippen LogP contribution in [-0.2, 0) is 28.7 Å². The molecule has 2 rings (SSSR count). The van der Waals surface area contributed by atoms with Crippen LogP contribution in [0.15, 0.2) is 0 Å².